The van der Waals surface area contributed by atoms with Gasteiger partial charge in [-0.2, -0.15) is 0 Å². The van der Waals surface area contributed by atoms with E-state index in [4.69, 9.17) is 4.74 Å². The first-order chi connectivity index (χ1) is 10.8. The van der Waals surface area contributed by atoms with Crippen molar-refractivity contribution in [1.29, 1.82) is 0 Å². The topological polar surface area (TPSA) is 9.23 Å². The normalized spacial score (nSPS) is 33.0. The van der Waals surface area contributed by atoms with Gasteiger partial charge in [0, 0.05) is 6.61 Å². The van der Waals surface area contributed by atoms with Gasteiger partial charge >= 0.3 is 0 Å². The van der Waals surface area contributed by atoms with Crippen molar-refractivity contribution < 1.29 is 4.74 Å². The van der Waals surface area contributed by atoms with Gasteiger partial charge in [-0.1, -0.05) is 58.8 Å². The molecule has 0 unspecified atom stereocenters. The van der Waals surface area contributed by atoms with Crippen molar-refractivity contribution in [2.45, 2.75) is 110 Å². The van der Waals surface area contributed by atoms with E-state index in [-0.39, 0.29) is 0 Å². The smallest absolute Gasteiger partial charge is 0.0575 e. The van der Waals surface area contributed by atoms with Crippen molar-refractivity contribution in [1.82, 2.24) is 0 Å². The van der Waals surface area contributed by atoms with Crippen LogP contribution in [0.15, 0.2) is 0 Å². The van der Waals surface area contributed by atoms with E-state index in [0.717, 1.165) is 24.4 Å². The first-order valence-electron chi connectivity index (χ1n) is 10.4. The maximum atomic E-state index is 6.11. The molecule has 0 heterocycles. The molecule has 0 bridgehead atoms. The molecule has 0 saturated heterocycles. The summed E-state index contributed by atoms with van der Waals surface area (Å²) in [6.45, 7) is 5.63. The molecule has 0 amide bonds. The zero-order chi connectivity index (χ0) is 15.6. The molecule has 2 aliphatic rings. The summed E-state index contributed by atoms with van der Waals surface area (Å²) in [6.07, 6.45) is 20.4. The van der Waals surface area contributed by atoms with Crippen LogP contribution >= 0.6 is 0 Å². The fourth-order valence-electron chi connectivity index (χ4n) is 4.86. The molecule has 0 aliphatic heterocycles. The summed E-state index contributed by atoms with van der Waals surface area (Å²) in [5, 5.41) is 0. The van der Waals surface area contributed by atoms with Crippen LogP contribution in [0.1, 0.15) is 104 Å². The van der Waals surface area contributed by atoms with Crippen LogP contribution in [0.25, 0.3) is 0 Å². The molecule has 0 aromatic heterocycles. The second-order valence-electron chi connectivity index (χ2n) is 8.04. The second kappa shape index (κ2) is 10.7. The number of hydrogen-bond acceptors (Lipinski definition) is 1. The van der Waals surface area contributed by atoms with E-state index < -0.39 is 0 Å². The quantitative estimate of drug-likeness (QED) is 0.428. The molecule has 2 fully saturated rings. The summed E-state index contributed by atoms with van der Waals surface area (Å²) in [5.41, 5.74) is 0. The summed E-state index contributed by atoms with van der Waals surface area (Å²) in [4.78, 5) is 0. The molecule has 0 aromatic carbocycles. The van der Waals surface area contributed by atoms with Gasteiger partial charge in [0.25, 0.3) is 0 Å². The van der Waals surface area contributed by atoms with Crippen LogP contribution < -0.4 is 0 Å². The Balaban J connectivity index is 1.55. The summed E-state index contributed by atoms with van der Waals surface area (Å²) in [7, 11) is 0. The monoisotopic (exact) mass is 308 g/mol. The number of ether oxygens (including phenoxy) is 1. The molecule has 0 spiro atoms. The average Bonchev–Trinajstić information content (AvgIpc) is 2.56. The lowest BCUT2D eigenvalue weighted by molar-refractivity contribution is 0.00532. The van der Waals surface area contributed by atoms with Gasteiger partial charge in [-0.05, 0) is 62.7 Å². The zero-order valence-electron chi connectivity index (χ0n) is 15.3. The van der Waals surface area contributed by atoms with Crippen LogP contribution in [0.5, 0.6) is 0 Å². The fourth-order valence-corrected chi connectivity index (χ4v) is 4.86. The summed E-state index contributed by atoms with van der Waals surface area (Å²) >= 11 is 0. The Hall–Kier alpha value is -0.0400. The van der Waals surface area contributed by atoms with Crippen molar-refractivity contribution >= 4 is 0 Å². The van der Waals surface area contributed by atoms with E-state index in [2.05, 4.69) is 13.8 Å². The Kier molecular flexibility index (Phi) is 8.89. The van der Waals surface area contributed by atoms with Crippen LogP contribution in [0.3, 0.4) is 0 Å². The Labute approximate surface area is 139 Å². The molecule has 2 saturated carbocycles. The zero-order valence-corrected chi connectivity index (χ0v) is 15.3. The van der Waals surface area contributed by atoms with Crippen molar-refractivity contribution in [3.63, 3.8) is 0 Å². The van der Waals surface area contributed by atoms with Crippen molar-refractivity contribution in [2.24, 2.45) is 17.8 Å². The molecule has 22 heavy (non-hydrogen) atoms. The van der Waals surface area contributed by atoms with Crippen LogP contribution in [-0.2, 0) is 4.74 Å². The molecule has 0 N–H and O–H groups in total. The van der Waals surface area contributed by atoms with Crippen molar-refractivity contribution in [3.8, 4) is 0 Å². The standard InChI is InChI=1S/C21H40O/c1-3-5-6-7-17-22-21-15-13-20(14-16-21)19-11-9-18(8-4-2)10-12-19/h18-21H,3-17H2,1-2H3/t18-,19-,20-,21-. The van der Waals surface area contributed by atoms with E-state index in [1.54, 1.807) is 0 Å². The minimum absolute atomic E-state index is 0.592. The van der Waals surface area contributed by atoms with Gasteiger partial charge in [-0.15, -0.1) is 0 Å². The predicted molar refractivity (Wildman–Crippen MR) is 96.2 cm³/mol. The van der Waals surface area contributed by atoms with E-state index >= 15 is 0 Å². The lowest BCUT2D eigenvalue weighted by Gasteiger charge is -2.37. The molecule has 0 atom stereocenters. The Morgan fingerprint density at radius 1 is 0.682 bits per heavy atom. The van der Waals surface area contributed by atoms with E-state index in [1.807, 2.05) is 0 Å². The van der Waals surface area contributed by atoms with E-state index in [9.17, 15) is 0 Å². The highest BCUT2D eigenvalue weighted by Crippen LogP contribution is 2.41. The summed E-state index contributed by atoms with van der Waals surface area (Å²) in [5.74, 6) is 3.14. The summed E-state index contributed by atoms with van der Waals surface area (Å²) in [6, 6.07) is 0. The van der Waals surface area contributed by atoms with Gasteiger partial charge in [0.1, 0.15) is 0 Å². The van der Waals surface area contributed by atoms with Crippen LogP contribution in [-0.4, -0.2) is 12.7 Å². The van der Waals surface area contributed by atoms with Crippen molar-refractivity contribution in [2.75, 3.05) is 6.61 Å². The second-order valence-corrected chi connectivity index (χ2v) is 8.04. The van der Waals surface area contributed by atoms with Crippen molar-refractivity contribution in [3.05, 3.63) is 0 Å². The molecule has 130 valence electrons. The lowest BCUT2D eigenvalue weighted by atomic mass is 9.70. The highest BCUT2D eigenvalue weighted by atomic mass is 16.5. The third-order valence-corrected chi connectivity index (χ3v) is 6.33. The Morgan fingerprint density at radius 2 is 1.32 bits per heavy atom. The largest absolute Gasteiger partial charge is 0.378 e. The number of rotatable bonds is 9. The lowest BCUT2D eigenvalue weighted by Crippen LogP contribution is -2.28. The minimum Gasteiger partial charge on any atom is -0.378 e. The number of unbranched alkanes of at least 4 members (excludes halogenated alkanes) is 3. The fraction of sp³-hybridized carbons (Fsp3) is 1.00. The van der Waals surface area contributed by atoms with Gasteiger partial charge < -0.3 is 4.74 Å². The first kappa shape index (κ1) is 18.3. The van der Waals surface area contributed by atoms with E-state index in [1.165, 1.54) is 89.9 Å². The minimum atomic E-state index is 0.592. The third kappa shape index (κ3) is 6.22. The van der Waals surface area contributed by atoms with Gasteiger partial charge in [-0.3, -0.25) is 0 Å². The molecule has 1 heteroatoms. The first-order valence-corrected chi connectivity index (χ1v) is 10.4. The molecule has 2 rings (SSSR count). The number of hydrogen-bond donors (Lipinski definition) is 0. The van der Waals surface area contributed by atoms with Crippen LogP contribution in [0.4, 0.5) is 0 Å². The van der Waals surface area contributed by atoms with Gasteiger partial charge in [-0.25, -0.2) is 0 Å². The molecular formula is C21H40O. The maximum absolute atomic E-state index is 6.11. The SMILES string of the molecule is CCCCCCO[C@H]1CC[C@H]([C@H]2CC[C@H](CCC)CC2)CC1. The summed E-state index contributed by atoms with van der Waals surface area (Å²) < 4.78 is 6.11. The molecule has 1 nitrogen and oxygen atoms in total. The van der Waals surface area contributed by atoms with Crippen LogP contribution in [0, 0.1) is 17.8 Å². The molecule has 0 radical (unpaired) electrons. The predicted octanol–water partition coefficient (Wildman–Crippen LogP) is 6.75. The van der Waals surface area contributed by atoms with E-state index in [0.29, 0.717) is 6.10 Å². The molecule has 2 aliphatic carbocycles. The Morgan fingerprint density at radius 3 is 1.91 bits per heavy atom. The van der Waals surface area contributed by atoms with Crippen LogP contribution in [0.2, 0.25) is 0 Å². The highest BCUT2D eigenvalue weighted by Gasteiger charge is 2.30. The van der Waals surface area contributed by atoms with Gasteiger partial charge in [0.05, 0.1) is 6.10 Å². The molecule has 0 aromatic rings. The third-order valence-electron chi connectivity index (χ3n) is 6.33. The highest BCUT2D eigenvalue weighted by molar-refractivity contribution is 4.82. The molecular weight excluding hydrogens is 268 g/mol. The van der Waals surface area contributed by atoms with Gasteiger partial charge in [0.15, 0.2) is 0 Å². The maximum Gasteiger partial charge on any atom is 0.0575 e. The average molecular weight is 309 g/mol. The van der Waals surface area contributed by atoms with Gasteiger partial charge in [0.2, 0.25) is 0 Å². The Bertz CT molecular complexity index is 259.